The summed E-state index contributed by atoms with van der Waals surface area (Å²) in [4.78, 5) is 37.2. The SMILES string of the molecule is NC1=NN(c2ccccc2)C(=O)[C@H]1C(=O)C(=O)Nc1ccc(Cl)c(C(F)(F)F)c1. The Labute approximate surface area is 166 Å². The number of para-hydroxylation sites is 1. The molecule has 0 spiro atoms. The van der Waals surface area contributed by atoms with Gasteiger partial charge in [-0.2, -0.15) is 23.3 Å². The van der Waals surface area contributed by atoms with E-state index in [1.807, 2.05) is 5.32 Å². The fraction of sp³-hybridized carbons (Fsp3) is 0.111. The van der Waals surface area contributed by atoms with E-state index < -0.39 is 46.1 Å². The number of Topliss-reactive ketones (excluding diaryl/α,β-unsaturated/α-hetero) is 1. The number of nitrogens with two attached hydrogens (primary N) is 1. The molecule has 0 fully saturated rings. The first-order chi connectivity index (χ1) is 13.6. The number of hydrazone groups is 1. The Bertz CT molecular complexity index is 1020. The summed E-state index contributed by atoms with van der Waals surface area (Å²) in [6.07, 6.45) is -4.75. The summed E-state index contributed by atoms with van der Waals surface area (Å²) in [5.74, 6) is -5.48. The van der Waals surface area contributed by atoms with Gasteiger partial charge in [0.05, 0.1) is 16.3 Å². The number of halogens is 4. The number of alkyl halides is 3. The fourth-order valence-corrected chi connectivity index (χ4v) is 2.84. The average molecular weight is 425 g/mol. The van der Waals surface area contributed by atoms with Crippen molar-refractivity contribution >= 4 is 46.4 Å². The quantitative estimate of drug-likeness (QED) is 0.581. The van der Waals surface area contributed by atoms with E-state index in [4.69, 9.17) is 17.3 Å². The minimum absolute atomic E-state index is 0.319. The highest BCUT2D eigenvalue weighted by atomic mass is 35.5. The van der Waals surface area contributed by atoms with Crippen LogP contribution in [0.2, 0.25) is 5.02 Å². The zero-order chi connectivity index (χ0) is 21.3. The average Bonchev–Trinajstić information content (AvgIpc) is 2.96. The van der Waals surface area contributed by atoms with Gasteiger partial charge in [0.15, 0.2) is 5.92 Å². The lowest BCUT2D eigenvalue weighted by molar-refractivity contribution is -0.138. The smallest absolute Gasteiger partial charge is 0.385 e. The van der Waals surface area contributed by atoms with Crippen LogP contribution in [0, 0.1) is 5.92 Å². The number of anilines is 2. The Balaban J connectivity index is 1.78. The molecule has 1 aliphatic rings. The van der Waals surface area contributed by atoms with Gasteiger partial charge in [0, 0.05) is 5.69 Å². The van der Waals surface area contributed by atoms with Crippen molar-refractivity contribution in [1.82, 2.24) is 0 Å². The second-order valence-corrected chi connectivity index (χ2v) is 6.36. The molecule has 0 aromatic heterocycles. The third-order valence-corrected chi connectivity index (χ3v) is 4.31. The largest absolute Gasteiger partial charge is 0.417 e. The molecule has 3 N–H and O–H groups in total. The van der Waals surface area contributed by atoms with E-state index >= 15 is 0 Å². The molecule has 1 aliphatic heterocycles. The molecule has 0 radical (unpaired) electrons. The zero-order valence-corrected chi connectivity index (χ0v) is 15.2. The van der Waals surface area contributed by atoms with Gasteiger partial charge in [0.2, 0.25) is 5.78 Å². The normalized spacial score (nSPS) is 16.6. The van der Waals surface area contributed by atoms with Crippen LogP contribution in [0.3, 0.4) is 0 Å². The first-order valence-corrected chi connectivity index (χ1v) is 8.42. The zero-order valence-electron chi connectivity index (χ0n) is 14.4. The van der Waals surface area contributed by atoms with Crippen LogP contribution >= 0.6 is 11.6 Å². The van der Waals surface area contributed by atoms with E-state index in [0.717, 1.165) is 17.1 Å². The summed E-state index contributed by atoms with van der Waals surface area (Å²) in [6.45, 7) is 0. The van der Waals surface area contributed by atoms with Gasteiger partial charge in [-0.1, -0.05) is 29.8 Å². The number of nitrogens with one attached hydrogen (secondary N) is 1. The lowest BCUT2D eigenvalue weighted by Gasteiger charge is -2.14. The lowest BCUT2D eigenvalue weighted by Crippen LogP contribution is -2.41. The summed E-state index contributed by atoms with van der Waals surface area (Å²) in [7, 11) is 0. The van der Waals surface area contributed by atoms with Crippen LogP contribution in [0.4, 0.5) is 24.5 Å². The van der Waals surface area contributed by atoms with Crippen molar-refractivity contribution in [2.24, 2.45) is 16.8 Å². The second-order valence-electron chi connectivity index (χ2n) is 5.95. The number of hydrogen-bond acceptors (Lipinski definition) is 5. The molecule has 0 bridgehead atoms. The summed E-state index contributed by atoms with van der Waals surface area (Å²) < 4.78 is 38.8. The molecular formula is C18H12ClF3N4O3. The number of carbonyl (C=O) groups excluding carboxylic acids is 3. The molecule has 2 aromatic rings. The molecule has 7 nitrogen and oxygen atoms in total. The van der Waals surface area contributed by atoms with Gasteiger partial charge in [0.25, 0.3) is 11.8 Å². The molecular weight excluding hydrogens is 413 g/mol. The number of nitrogens with zero attached hydrogens (tertiary/aromatic N) is 2. The van der Waals surface area contributed by atoms with Crippen molar-refractivity contribution in [3.8, 4) is 0 Å². The van der Waals surface area contributed by atoms with Gasteiger partial charge in [0.1, 0.15) is 5.84 Å². The van der Waals surface area contributed by atoms with Gasteiger partial charge < -0.3 is 11.1 Å². The Kier molecular flexibility index (Phi) is 5.29. The van der Waals surface area contributed by atoms with Crippen LogP contribution in [0.5, 0.6) is 0 Å². The topological polar surface area (TPSA) is 105 Å². The maximum atomic E-state index is 12.9. The van der Waals surface area contributed by atoms with Crippen molar-refractivity contribution in [2.45, 2.75) is 6.18 Å². The summed E-state index contributed by atoms with van der Waals surface area (Å²) in [5, 5.41) is 6.14. The Hall–Kier alpha value is -3.40. The lowest BCUT2D eigenvalue weighted by atomic mass is 10.0. The molecule has 150 valence electrons. The molecule has 11 heteroatoms. The Morgan fingerprint density at radius 3 is 2.41 bits per heavy atom. The third kappa shape index (κ3) is 4.06. The van der Waals surface area contributed by atoms with Crippen LogP contribution in [0.15, 0.2) is 53.6 Å². The highest BCUT2D eigenvalue weighted by Crippen LogP contribution is 2.36. The van der Waals surface area contributed by atoms with E-state index in [1.54, 1.807) is 30.3 Å². The number of amidine groups is 1. The molecule has 0 saturated heterocycles. The van der Waals surface area contributed by atoms with E-state index in [9.17, 15) is 27.6 Å². The summed E-state index contributed by atoms with van der Waals surface area (Å²) in [6, 6.07) is 10.7. The van der Waals surface area contributed by atoms with E-state index in [-0.39, 0.29) is 5.69 Å². The molecule has 3 rings (SSSR count). The Morgan fingerprint density at radius 1 is 1.14 bits per heavy atom. The maximum absolute atomic E-state index is 12.9. The standard InChI is InChI=1S/C18H12ClF3N4O3/c19-12-7-6-9(8-11(12)18(20,21)22)24-16(28)14(27)13-15(23)25-26(17(13)29)10-4-2-1-3-5-10/h1-8,13H,(H2,23,25)(H,24,28)/t13-/m0/s1. The van der Waals surface area contributed by atoms with Gasteiger partial charge in [-0.05, 0) is 30.3 Å². The first kappa shape index (κ1) is 20.3. The monoisotopic (exact) mass is 424 g/mol. The van der Waals surface area contributed by atoms with Crippen molar-refractivity contribution < 1.29 is 27.6 Å². The number of benzene rings is 2. The van der Waals surface area contributed by atoms with Crippen LogP contribution < -0.4 is 16.1 Å². The number of ketones is 1. The molecule has 1 atom stereocenters. The van der Waals surface area contributed by atoms with Gasteiger partial charge >= 0.3 is 6.18 Å². The molecule has 2 aromatic carbocycles. The van der Waals surface area contributed by atoms with Crippen LogP contribution in [0.1, 0.15) is 5.56 Å². The van der Waals surface area contributed by atoms with Crippen LogP contribution in [-0.4, -0.2) is 23.4 Å². The number of rotatable bonds is 4. The predicted molar refractivity (Wildman–Crippen MR) is 99.1 cm³/mol. The van der Waals surface area contributed by atoms with Crippen LogP contribution in [0.25, 0.3) is 0 Å². The van der Waals surface area contributed by atoms with Crippen molar-refractivity contribution in [1.29, 1.82) is 0 Å². The summed E-state index contributed by atoms with van der Waals surface area (Å²) >= 11 is 5.51. The highest BCUT2D eigenvalue weighted by molar-refractivity contribution is 6.50. The number of carbonyl (C=O) groups is 3. The molecule has 0 saturated carbocycles. The molecule has 0 unspecified atom stereocenters. The molecule has 2 amide bonds. The predicted octanol–water partition coefficient (Wildman–Crippen LogP) is 2.80. The van der Waals surface area contributed by atoms with E-state index in [2.05, 4.69) is 5.10 Å². The van der Waals surface area contributed by atoms with Crippen molar-refractivity contribution in [2.75, 3.05) is 10.3 Å². The molecule has 1 heterocycles. The van der Waals surface area contributed by atoms with Crippen LogP contribution in [-0.2, 0) is 20.6 Å². The van der Waals surface area contributed by atoms with Gasteiger partial charge in [-0.15, -0.1) is 0 Å². The number of amides is 2. The third-order valence-electron chi connectivity index (χ3n) is 3.98. The fourth-order valence-electron chi connectivity index (χ4n) is 2.62. The van der Waals surface area contributed by atoms with E-state index in [1.165, 1.54) is 0 Å². The van der Waals surface area contributed by atoms with Gasteiger partial charge in [-0.3, -0.25) is 14.4 Å². The minimum Gasteiger partial charge on any atom is -0.385 e. The second kappa shape index (κ2) is 7.55. The molecule has 29 heavy (non-hydrogen) atoms. The summed E-state index contributed by atoms with van der Waals surface area (Å²) in [5.41, 5.74) is 4.49. The maximum Gasteiger partial charge on any atom is 0.417 e. The van der Waals surface area contributed by atoms with Crippen molar-refractivity contribution in [3.05, 3.63) is 59.1 Å². The van der Waals surface area contributed by atoms with E-state index in [0.29, 0.717) is 11.8 Å². The number of hydrogen-bond donors (Lipinski definition) is 2. The van der Waals surface area contributed by atoms with Gasteiger partial charge in [-0.25, -0.2) is 0 Å². The first-order valence-electron chi connectivity index (χ1n) is 8.04. The highest BCUT2D eigenvalue weighted by Gasteiger charge is 2.43. The minimum atomic E-state index is -4.75. The van der Waals surface area contributed by atoms with Crippen molar-refractivity contribution in [3.63, 3.8) is 0 Å². The Morgan fingerprint density at radius 2 is 1.79 bits per heavy atom. The molecule has 0 aliphatic carbocycles.